The lowest BCUT2D eigenvalue weighted by Gasteiger charge is -2.33. The van der Waals surface area contributed by atoms with Crippen molar-refractivity contribution in [3.8, 4) is 6.07 Å². The minimum atomic E-state index is -4.57. The zero-order valence-electron chi connectivity index (χ0n) is 13.6. The fourth-order valence-electron chi connectivity index (χ4n) is 3.52. The molecule has 3 rings (SSSR count). The fraction of sp³-hybridized carbons (Fsp3) is 0.471. The van der Waals surface area contributed by atoms with Crippen molar-refractivity contribution in [2.24, 2.45) is 0 Å². The van der Waals surface area contributed by atoms with Crippen molar-refractivity contribution in [2.45, 2.75) is 31.6 Å². The highest BCUT2D eigenvalue weighted by molar-refractivity contribution is 6.01. The number of nitrogens with zero attached hydrogens (tertiary/aromatic N) is 4. The summed E-state index contributed by atoms with van der Waals surface area (Å²) in [5, 5.41) is 9.29. The summed E-state index contributed by atoms with van der Waals surface area (Å²) in [4.78, 5) is 20.0. The van der Waals surface area contributed by atoms with E-state index in [1.165, 1.54) is 12.1 Å². The SMILES string of the molecule is CCN1CC2CC1CN2C(=O)/C(C#N)=C/c1cccc(C(F)(F)F)n1. The first-order valence-corrected chi connectivity index (χ1v) is 8.04. The fourth-order valence-corrected chi connectivity index (χ4v) is 3.52. The molecule has 0 aliphatic carbocycles. The zero-order valence-corrected chi connectivity index (χ0v) is 13.6. The van der Waals surface area contributed by atoms with Gasteiger partial charge in [0.05, 0.1) is 5.69 Å². The van der Waals surface area contributed by atoms with Gasteiger partial charge in [0.1, 0.15) is 17.3 Å². The van der Waals surface area contributed by atoms with Gasteiger partial charge in [0.25, 0.3) is 5.91 Å². The van der Waals surface area contributed by atoms with Gasteiger partial charge in [-0.3, -0.25) is 9.69 Å². The van der Waals surface area contributed by atoms with Crippen molar-refractivity contribution in [1.29, 1.82) is 5.26 Å². The smallest absolute Gasteiger partial charge is 0.332 e. The first kappa shape index (κ1) is 17.4. The first-order valence-electron chi connectivity index (χ1n) is 8.04. The maximum Gasteiger partial charge on any atom is 0.433 e. The number of rotatable bonds is 3. The quantitative estimate of drug-likeness (QED) is 0.620. The minimum absolute atomic E-state index is 0.0562. The maximum atomic E-state index is 12.7. The monoisotopic (exact) mass is 350 g/mol. The van der Waals surface area contributed by atoms with E-state index in [0.717, 1.165) is 31.7 Å². The Labute approximate surface area is 143 Å². The third-order valence-electron chi connectivity index (χ3n) is 4.73. The molecule has 1 aromatic heterocycles. The van der Waals surface area contributed by atoms with E-state index in [0.29, 0.717) is 12.6 Å². The number of hydrogen-bond acceptors (Lipinski definition) is 4. The van der Waals surface area contributed by atoms with Crippen molar-refractivity contribution in [3.63, 3.8) is 0 Å². The molecule has 0 aromatic carbocycles. The van der Waals surface area contributed by atoms with Gasteiger partial charge in [-0.1, -0.05) is 13.0 Å². The summed E-state index contributed by atoms with van der Waals surface area (Å²) in [6, 6.07) is 5.56. The molecule has 0 saturated carbocycles. The van der Waals surface area contributed by atoms with Crippen LogP contribution in [0, 0.1) is 11.3 Å². The van der Waals surface area contributed by atoms with E-state index < -0.39 is 17.8 Å². The van der Waals surface area contributed by atoms with Crippen molar-refractivity contribution >= 4 is 12.0 Å². The van der Waals surface area contributed by atoms with Crippen LogP contribution in [0.15, 0.2) is 23.8 Å². The van der Waals surface area contributed by atoms with E-state index in [2.05, 4.69) is 16.8 Å². The number of hydrogen-bond donors (Lipinski definition) is 0. The highest BCUT2D eigenvalue weighted by Gasteiger charge is 2.45. The molecule has 2 fully saturated rings. The Kier molecular flexibility index (Phi) is 4.52. The maximum absolute atomic E-state index is 12.7. The molecule has 0 spiro atoms. The standard InChI is InChI=1S/C17H17F3N4O/c1-2-23-9-14-7-13(23)10-24(14)16(25)11(8-21)6-12-4-3-5-15(22-12)17(18,19)20/h3-6,13-14H,2,7,9-10H2,1H3/b11-6+. The molecular formula is C17H17F3N4O. The second kappa shape index (κ2) is 6.48. The summed E-state index contributed by atoms with van der Waals surface area (Å²) in [5.41, 5.74) is -1.30. The Hall–Kier alpha value is -2.40. The van der Waals surface area contributed by atoms with Crippen molar-refractivity contribution in [3.05, 3.63) is 35.2 Å². The lowest BCUT2D eigenvalue weighted by molar-refractivity contribution is -0.141. The van der Waals surface area contributed by atoms with Crippen LogP contribution in [-0.2, 0) is 11.0 Å². The molecule has 2 atom stereocenters. The van der Waals surface area contributed by atoms with E-state index in [9.17, 15) is 23.2 Å². The van der Waals surface area contributed by atoms with Crippen LogP contribution < -0.4 is 0 Å². The highest BCUT2D eigenvalue weighted by Crippen LogP contribution is 2.32. The number of pyridine rings is 1. The Morgan fingerprint density at radius 2 is 2.16 bits per heavy atom. The summed E-state index contributed by atoms with van der Waals surface area (Å²) in [5.74, 6) is -0.440. The molecule has 3 heterocycles. The average molecular weight is 350 g/mol. The van der Waals surface area contributed by atoms with Crippen LogP contribution in [-0.4, -0.2) is 52.4 Å². The van der Waals surface area contributed by atoms with Gasteiger partial charge in [0.2, 0.25) is 0 Å². The van der Waals surface area contributed by atoms with Gasteiger partial charge in [-0.2, -0.15) is 18.4 Å². The summed E-state index contributed by atoms with van der Waals surface area (Å²) >= 11 is 0. The second-order valence-electron chi connectivity index (χ2n) is 6.20. The van der Waals surface area contributed by atoms with Crippen LogP contribution >= 0.6 is 0 Å². The van der Waals surface area contributed by atoms with Gasteiger partial charge in [0, 0.05) is 25.2 Å². The van der Waals surface area contributed by atoms with E-state index in [1.54, 1.807) is 11.0 Å². The van der Waals surface area contributed by atoms with Gasteiger partial charge < -0.3 is 4.90 Å². The molecular weight excluding hydrogens is 333 g/mol. The number of amides is 1. The number of likely N-dealkylation sites (N-methyl/N-ethyl adjacent to an activating group) is 1. The number of fused-ring (bicyclic) bond motifs is 2. The molecule has 2 aliphatic rings. The Bertz CT molecular complexity index is 753. The summed E-state index contributed by atoms with van der Waals surface area (Å²) < 4.78 is 38.2. The third-order valence-corrected chi connectivity index (χ3v) is 4.73. The molecule has 132 valence electrons. The Morgan fingerprint density at radius 1 is 1.40 bits per heavy atom. The number of nitriles is 1. The third kappa shape index (κ3) is 3.37. The van der Waals surface area contributed by atoms with Gasteiger partial charge in [-0.15, -0.1) is 0 Å². The number of alkyl halides is 3. The van der Waals surface area contributed by atoms with E-state index in [-0.39, 0.29) is 17.3 Å². The minimum Gasteiger partial charge on any atom is -0.332 e. The van der Waals surface area contributed by atoms with Crippen molar-refractivity contribution in [1.82, 2.24) is 14.8 Å². The predicted molar refractivity (Wildman–Crippen MR) is 84.0 cm³/mol. The van der Waals surface area contributed by atoms with Gasteiger partial charge in [0.15, 0.2) is 0 Å². The second-order valence-corrected chi connectivity index (χ2v) is 6.20. The number of halogens is 3. The lowest BCUT2D eigenvalue weighted by Crippen LogP contribution is -2.48. The summed E-state index contributed by atoms with van der Waals surface area (Å²) in [6.45, 7) is 4.30. The number of aromatic nitrogens is 1. The topological polar surface area (TPSA) is 60.2 Å². The van der Waals surface area contributed by atoms with Crippen LogP contribution in [0.5, 0.6) is 0 Å². The van der Waals surface area contributed by atoms with Crippen molar-refractivity contribution < 1.29 is 18.0 Å². The average Bonchev–Trinajstić information content (AvgIpc) is 3.18. The van der Waals surface area contributed by atoms with Crippen molar-refractivity contribution in [2.75, 3.05) is 19.6 Å². The van der Waals surface area contributed by atoms with Gasteiger partial charge in [-0.05, 0) is 31.2 Å². The normalized spacial score (nSPS) is 23.8. The molecule has 2 saturated heterocycles. The van der Waals surface area contributed by atoms with E-state index in [4.69, 9.17) is 0 Å². The first-order chi connectivity index (χ1) is 11.8. The summed E-state index contributed by atoms with van der Waals surface area (Å²) in [7, 11) is 0. The number of piperazine rings is 1. The summed E-state index contributed by atoms with van der Waals surface area (Å²) in [6.07, 6.45) is -2.57. The van der Waals surface area contributed by atoms with Crippen LogP contribution in [0.25, 0.3) is 6.08 Å². The molecule has 8 heteroatoms. The molecule has 2 aliphatic heterocycles. The molecule has 5 nitrogen and oxygen atoms in total. The van der Waals surface area contributed by atoms with Gasteiger partial charge in [-0.25, -0.2) is 4.98 Å². The Morgan fingerprint density at radius 3 is 2.72 bits per heavy atom. The Balaban J connectivity index is 1.80. The highest BCUT2D eigenvalue weighted by atomic mass is 19.4. The van der Waals surface area contributed by atoms with Gasteiger partial charge >= 0.3 is 6.18 Å². The molecule has 0 N–H and O–H groups in total. The molecule has 25 heavy (non-hydrogen) atoms. The lowest BCUT2D eigenvalue weighted by atomic mass is 10.1. The molecule has 2 bridgehead atoms. The molecule has 0 radical (unpaired) electrons. The zero-order chi connectivity index (χ0) is 18.2. The molecule has 1 amide bonds. The predicted octanol–water partition coefficient (Wildman–Crippen LogP) is 2.31. The van der Waals surface area contributed by atoms with E-state index in [1.807, 2.05) is 0 Å². The van der Waals surface area contributed by atoms with Crippen LogP contribution in [0.1, 0.15) is 24.7 Å². The number of carbonyl (C=O) groups excluding carboxylic acids is 1. The molecule has 2 unspecified atom stereocenters. The van der Waals surface area contributed by atoms with E-state index >= 15 is 0 Å². The number of carbonyl (C=O) groups is 1. The van der Waals surface area contributed by atoms with Crippen LogP contribution in [0.3, 0.4) is 0 Å². The molecule has 1 aromatic rings. The van der Waals surface area contributed by atoms with Crippen LogP contribution in [0.4, 0.5) is 13.2 Å². The number of likely N-dealkylation sites (tertiary alicyclic amines) is 2. The largest absolute Gasteiger partial charge is 0.433 e. The van der Waals surface area contributed by atoms with Crippen LogP contribution in [0.2, 0.25) is 0 Å².